The molecule has 1 aromatic carbocycles. The van der Waals surface area contributed by atoms with Crippen molar-refractivity contribution in [2.45, 2.75) is 6.04 Å². The van der Waals surface area contributed by atoms with Gasteiger partial charge in [0.05, 0.1) is 19.8 Å². The molecule has 6 heteroatoms. The van der Waals surface area contributed by atoms with Crippen LogP contribution in [-0.2, 0) is 9.53 Å². The molecule has 0 saturated heterocycles. The number of halogens is 2. The van der Waals surface area contributed by atoms with Gasteiger partial charge in [-0.3, -0.25) is 4.79 Å². The van der Waals surface area contributed by atoms with Crippen LogP contribution in [0.25, 0.3) is 0 Å². The largest absolute Gasteiger partial charge is 0.494 e. The topological polar surface area (TPSA) is 61.5 Å². The number of ether oxygens (including phenoxy) is 2. The Bertz CT molecular complexity index is 409. The van der Waals surface area contributed by atoms with Crippen LogP contribution in [0, 0.1) is 11.6 Å². The number of rotatable bonds is 3. The van der Waals surface area contributed by atoms with Crippen LogP contribution in [0.15, 0.2) is 12.1 Å². The fraction of sp³-hybridized carbons (Fsp3) is 0.300. The first-order valence-corrected chi connectivity index (χ1v) is 4.38. The fourth-order valence-corrected chi connectivity index (χ4v) is 1.24. The third-order valence-corrected chi connectivity index (χ3v) is 2.08. The van der Waals surface area contributed by atoms with E-state index in [1.54, 1.807) is 0 Å². The molecule has 0 saturated carbocycles. The molecule has 1 aromatic rings. The summed E-state index contributed by atoms with van der Waals surface area (Å²) >= 11 is 0. The summed E-state index contributed by atoms with van der Waals surface area (Å²) < 4.78 is 35.9. The van der Waals surface area contributed by atoms with E-state index in [4.69, 9.17) is 5.73 Å². The molecule has 0 aliphatic carbocycles. The summed E-state index contributed by atoms with van der Waals surface area (Å²) in [5.41, 5.74) is 4.80. The van der Waals surface area contributed by atoms with Gasteiger partial charge in [0.1, 0.15) is 11.9 Å². The molecule has 1 atom stereocenters. The highest BCUT2D eigenvalue weighted by Crippen LogP contribution is 2.27. The Morgan fingerprint density at radius 3 is 2.50 bits per heavy atom. The number of methoxy groups -OCH3 is 2. The Kier molecular flexibility index (Phi) is 3.78. The van der Waals surface area contributed by atoms with Gasteiger partial charge in [0.2, 0.25) is 0 Å². The van der Waals surface area contributed by atoms with E-state index in [1.807, 2.05) is 0 Å². The average Bonchev–Trinajstić information content (AvgIpc) is 2.28. The minimum Gasteiger partial charge on any atom is -0.494 e. The van der Waals surface area contributed by atoms with E-state index < -0.39 is 29.2 Å². The lowest BCUT2D eigenvalue weighted by Crippen LogP contribution is -2.25. The summed E-state index contributed by atoms with van der Waals surface area (Å²) in [6.45, 7) is 0. The van der Waals surface area contributed by atoms with Gasteiger partial charge in [-0.25, -0.2) is 8.78 Å². The molecule has 0 spiro atoms. The summed E-state index contributed by atoms with van der Waals surface area (Å²) in [4.78, 5) is 11.1. The van der Waals surface area contributed by atoms with Crippen molar-refractivity contribution in [2.75, 3.05) is 14.2 Å². The van der Waals surface area contributed by atoms with E-state index in [0.29, 0.717) is 0 Å². The molecule has 0 heterocycles. The van der Waals surface area contributed by atoms with E-state index >= 15 is 0 Å². The molecular weight excluding hydrogens is 220 g/mol. The third kappa shape index (κ3) is 2.11. The number of esters is 1. The molecule has 0 radical (unpaired) electrons. The molecule has 0 aliphatic heterocycles. The monoisotopic (exact) mass is 231 g/mol. The molecule has 2 N–H and O–H groups in total. The lowest BCUT2D eigenvalue weighted by atomic mass is 10.1. The van der Waals surface area contributed by atoms with E-state index in [2.05, 4.69) is 9.47 Å². The van der Waals surface area contributed by atoms with E-state index in [1.165, 1.54) is 7.11 Å². The lowest BCUT2D eigenvalue weighted by molar-refractivity contribution is -0.142. The second-order valence-electron chi connectivity index (χ2n) is 2.98. The molecule has 1 rings (SSSR count). The van der Waals surface area contributed by atoms with Gasteiger partial charge in [0, 0.05) is 0 Å². The predicted molar refractivity (Wildman–Crippen MR) is 51.9 cm³/mol. The van der Waals surface area contributed by atoms with Crippen molar-refractivity contribution >= 4 is 5.97 Å². The molecule has 0 bridgehead atoms. The van der Waals surface area contributed by atoms with Crippen molar-refractivity contribution < 1.29 is 23.0 Å². The van der Waals surface area contributed by atoms with Gasteiger partial charge in [-0.1, -0.05) is 0 Å². The number of nitrogens with two attached hydrogens (primary N) is 1. The van der Waals surface area contributed by atoms with Crippen molar-refractivity contribution in [1.82, 2.24) is 0 Å². The van der Waals surface area contributed by atoms with Crippen LogP contribution in [0.4, 0.5) is 8.78 Å². The normalized spacial score (nSPS) is 12.1. The molecule has 0 aliphatic rings. The van der Waals surface area contributed by atoms with E-state index in [9.17, 15) is 13.6 Å². The van der Waals surface area contributed by atoms with E-state index in [0.717, 1.165) is 19.2 Å². The Labute approximate surface area is 91.0 Å². The van der Waals surface area contributed by atoms with Crippen molar-refractivity contribution in [3.8, 4) is 5.75 Å². The predicted octanol–water partition coefficient (Wildman–Crippen LogP) is 1.15. The van der Waals surface area contributed by atoms with Crippen LogP contribution in [0.1, 0.15) is 11.6 Å². The standard InChI is InChI=1S/C10H11F2NO3/c1-15-6-4-3-5(11)7(8(6)12)9(13)10(14)16-2/h3-4,9H,13H2,1-2H3/t9-/m0/s1. The molecule has 0 aromatic heterocycles. The number of benzene rings is 1. The highest BCUT2D eigenvalue weighted by molar-refractivity contribution is 5.77. The van der Waals surface area contributed by atoms with Gasteiger partial charge < -0.3 is 15.2 Å². The van der Waals surface area contributed by atoms with E-state index in [-0.39, 0.29) is 5.75 Å². The van der Waals surface area contributed by atoms with Gasteiger partial charge in [-0.15, -0.1) is 0 Å². The smallest absolute Gasteiger partial charge is 0.327 e. The summed E-state index contributed by atoms with van der Waals surface area (Å²) in [6, 6.07) is 0.568. The zero-order valence-electron chi connectivity index (χ0n) is 8.79. The van der Waals surface area contributed by atoms with Crippen LogP contribution >= 0.6 is 0 Å². The minimum atomic E-state index is -1.51. The summed E-state index contributed by atoms with van der Waals surface area (Å²) in [6.07, 6.45) is 0. The minimum absolute atomic E-state index is 0.184. The maximum Gasteiger partial charge on any atom is 0.327 e. The second kappa shape index (κ2) is 4.89. The number of carbonyl (C=O) groups excluding carboxylic acids is 1. The van der Waals surface area contributed by atoms with Gasteiger partial charge in [-0.2, -0.15) is 0 Å². The molecule has 4 nitrogen and oxygen atoms in total. The second-order valence-corrected chi connectivity index (χ2v) is 2.98. The summed E-state index contributed by atoms with van der Waals surface area (Å²) in [7, 11) is 2.31. The Hall–Kier alpha value is -1.69. The first kappa shape index (κ1) is 12.4. The van der Waals surface area contributed by atoms with Crippen molar-refractivity contribution in [1.29, 1.82) is 0 Å². The third-order valence-electron chi connectivity index (χ3n) is 2.08. The van der Waals surface area contributed by atoms with Crippen LogP contribution in [0.2, 0.25) is 0 Å². The average molecular weight is 231 g/mol. The SMILES string of the molecule is COC(=O)[C@@H](N)c1c(F)ccc(OC)c1F. The van der Waals surface area contributed by atoms with Gasteiger partial charge >= 0.3 is 5.97 Å². The zero-order valence-corrected chi connectivity index (χ0v) is 8.79. The van der Waals surface area contributed by atoms with Crippen LogP contribution in [0.5, 0.6) is 5.75 Å². The first-order chi connectivity index (χ1) is 7.52. The fourth-order valence-electron chi connectivity index (χ4n) is 1.24. The highest BCUT2D eigenvalue weighted by atomic mass is 19.1. The Morgan fingerprint density at radius 2 is 2.00 bits per heavy atom. The number of hydrogen-bond donors (Lipinski definition) is 1. The Morgan fingerprint density at radius 1 is 1.38 bits per heavy atom. The number of hydrogen-bond acceptors (Lipinski definition) is 4. The summed E-state index contributed by atoms with van der Waals surface area (Å²) in [5.74, 6) is -3.03. The number of carbonyl (C=O) groups is 1. The van der Waals surface area contributed by atoms with Crippen LogP contribution in [0.3, 0.4) is 0 Å². The lowest BCUT2D eigenvalue weighted by Gasteiger charge is -2.13. The van der Waals surface area contributed by atoms with Gasteiger partial charge in [-0.05, 0) is 12.1 Å². The quantitative estimate of drug-likeness (QED) is 0.792. The molecule has 0 amide bonds. The van der Waals surface area contributed by atoms with Crippen molar-refractivity contribution in [2.24, 2.45) is 5.73 Å². The van der Waals surface area contributed by atoms with Crippen molar-refractivity contribution in [3.63, 3.8) is 0 Å². The summed E-state index contributed by atoms with van der Waals surface area (Å²) in [5, 5.41) is 0. The van der Waals surface area contributed by atoms with Gasteiger partial charge in [0.25, 0.3) is 0 Å². The first-order valence-electron chi connectivity index (χ1n) is 4.38. The zero-order chi connectivity index (χ0) is 12.3. The van der Waals surface area contributed by atoms with Gasteiger partial charge in [0.15, 0.2) is 11.6 Å². The molecule has 88 valence electrons. The van der Waals surface area contributed by atoms with Crippen molar-refractivity contribution in [3.05, 3.63) is 29.3 Å². The Balaban J connectivity index is 3.26. The molecule has 0 fully saturated rings. The molecule has 16 heavy (non-hydrogen) atoms. The maximum atomic E-state index is 13.6. The molecule has 0 unspecified atom stereocenters. The maximum absolute atomic E-state index is 13.6. The van der Waals surface area contributed by atoms with Crippen LogP contribution < -0.4 is 10.5 Å². The highest BCUT2D eigenvalue weighted by Gasteiger charge is 2.26. The van der Waals surface area contributed by atoms with Crippen LogP contribution in [-0.4, -0.2) is 20.2 Å². The molecular formula is C10H11F2NO3.